The number of nitrogens with two attached hydrogens (primary N) is 1. The average Bonchev–Trinajstić information content (AvgIpc) is 3.13. The molecule has 6 atom stereocenters. The monoisotopic (exact) mass is 508 g/mol. The van der Waals surface area contributed by atoms with Gasteiger partial charge in [-0.05, 0) is 0 Å². The van der Waals surface area contributed by atoms with Crippen LogP contribution in [0.2, 0.25) is 0 Å². The van der Waals surface area contributed by atoms with Crippen molar-refractivity contribution in [2.45, 2.75) is 24.5 Å². The Morgan fingerprint density at radius 3 is 2.48 bits per heavy atom. The molecule has 0 saturated carbocycles. The number of rotatable bonds is 8. The van der Waals surface area contributed by atoms with Crippen molar-refractivity contribution in [2.75, 3.05) is 13.3 Å². The van der Waals surface area contributed by atoms with Crippen LogP contribution in [0.4, 0.5) is 0 Å². The molecule has 3 heterocycles. The summed E-state index contributed by atoms with van der Waals surface area (Å²) in [6.45, 7) is -1.00. The van der Waals surface area contributed by atoms with E-state index >= 15 is 0 Å². The number of aliphatic hydroxyl groups is 2. The number of amidine groups is 2. The summed E-state index contributed by atoms with van der Waals surface area (Å²) in [4.78, 5) is 45.0. The summed E-state index contributed by atoms with van der Waals surface area (Å²) in [5.41, 5.74) is 5.93. The highest BCUT2D eigenvalue weighted by atomic mass is 31.3. The largest absolute Gasteiger partial charge is 0.490 e. The summed E-state index contributed by atoms with van der Waals surface area (Å²) in [7, 11) is -16.7. The van der Waals surface area contributed by atoms with Crippen molar-refractivity contribution in [3.05, 3.63) is 0 Å². The lowest BCUT2D eigenvalue weighted by atomic mass is 10.1. The molecule has 0 aliphatic carbocycles. The summed E-state index contributed by atoms with van der Waals surface area (Å²) >= 11 is 0. The Morgan fingerprint density at radius 1 is 1.16 bits per heavy atom. The lowest BCUT2D eigenvalue weighted by Crippen LogP contribution is -2.49. The van der Waals surface area contributed by atoms with Crippen LogP contribution in [0.15, 0.2) is 9.98 Å². The third-order valence-electron chi connectivity index (χ3n) is 3.95. The quantitative estimate of drug-likeness (QED) is 0.123. The number of ether oxygens (including phenoxy) is 1. The summed E-state index contributed by atoms with van der Waals surface area (Å²) in [6.07, 6.45) is -4.74. The third-order valence-corrected chi connectivity index (χ3v) is 7.75. The Morgan fingerprint density at radius 2 is 1.84 bits per heavy atom. The topological polar surface area (TPSA) is 278 Å². The van der Waals surface area contributed by atoms with Gasteiger partial charge in [-0.3, -0.25) is 14.4 Å². The Labute approximate surface area is 172 Å². The number of aliphatic imine (C=N–C) groups is 2. The maximum Gasteiger partial charge on any atom is 0.490 e. The molecule has 3 aliphatic heterocycles. The molecule has 0 aromatic rings. The van der Waals surface area contributed by atoms with E-state index in [4.69, 9.17) is 25.2 Å². The van der Waals surface area contributed by atoms with Gasteiger partial charge in [-0.25, -0.2) is 18.4 Å². The molecule has 0 spiro atoms. The molecule has 1 fully saturated rings. The van der Waals surface area contributed by atoms with E-state index in [1.165, 1.54) is 4.90 Å². The molecular weight excluding hydrogens is 491 g/mol. The molecule has 0 radical (unpaired) electrons. The Kier molecular flexibility index (Phi) is 6.71. The van der Waals surface area contributed by atoms with Crippen LogP contribution >= 0.6 is 23.5 Å². The second kappa shape index (κ2) is 8.56. The van der Waals surface area contributed by atoms with E-state index in [9.17, 15) is 28.8 Å². The molecule has 18 nitrogen and oxygen atoms in total. The van der Waals surface area contributed by atoms with E-state index in [1.54, 1.807) is 0 Å². The van der Waals surface area contributed by atoms with Gasteiger partial charge in [0.25, 0.3) is 0 Å². The van der Waals surface area contributed by atoms with Crippen molar-refractivity contribution < 1.29 is 61.4 Å². The molecular formula is C10H17N5O13P3+. The van der Waals surface area contributed by atoms with E-state index in [-0.39, 0.29) is 24.1 Å². The van der Waals surface area contributed by atoms with Crippen LogP contribution in [0.5, 0.6) is 0 Å². The molecule has 3 aliphatic rings. The van der Waals surface area contributed by atoms with Crippen molar-refractivity contribution in [3.8, 4) is 0 Å². The van der Waals surface area contributed by atoms with Gasteiger partial charge in [0.1, 0.15) is 25.0 Å². The van der Waals surface area contributed by atoms with Crippen LogP contribution in [0.25, 0.3) is 0 Å². The van der Waals surface area contributed by atoms with Crippen LogP contribution in [0, 0.1) is 0 Å². The summed E-state index contributed by atoms with van der Waals surface area (Å²) in [5.74, 6) is 0.280. The molecule has 0 aromatic heterocycles. The minimum absolute atomic E-state index is 0.0603. The van der Waals surface area contributed by atoms with E-state index in [0.29, 0.717) is 0 Å². The summed E-state index contributed by atoms with van der Waals surface area (Å²) in [6, 6.07) is 0. The minimum Gasteiger partial charge on any atom is -0.387 e. The summed E-state index contributed by atoms with van der Waals surface area (Å²) < 4.78 is 54.5. The van der Waals surface area contributed by atoms with Crippen molar-refractivity contribution in [1.82, 2.24) is 9.57 Å². The first-order chi connectivity index (χ1) is 14.2. The van der Waals surface area contributed by atoms with Crippen LogP contribution in [-0.4, -0.2) is 96.2 Å². The molecule has 174 valence electrons. The van der Waals surface area contributed by atoms with Crippen LogP contribution in [-0.2, 0) is 31.6 Å². The second-order valence-corrected chi connectivity index (χ2v) is 10.6. The second-order valence-electron chi connectivity index (χ2n) is 6.13. The number of hydrogen-bond donors (Lipinski definition) is 7. The molecule has 0 aromatic carbocycles. The van der Waals surface area contributed by atoms with Crippen molar-refractivity contribution in [1.29, 1.82) is 0 Å². The highest BCUT2D eigenvalue weighted by Crippen LogP contribution is 2.66. The van der Waals surface area contributed by atoms with Gasteiger partial charge in [-0.1, -0.05) is 4.99 Å². The van der Waals surface area contributed by atoms with E-state index < -0.39 is 54.6 Å². The average molecular weight is 508 g/mol. The predicted molar refractivity (Wildman–Crippen MR) is 99.5 cm³/mol. The van der Waals surface area contributed by atoms with Gasteiger partial charge >= 0.3 is 35.6 Å². The molecule has 21 heteroatoms. The maximum atomic E-state index is 11.8. The SMILES string of the molecule is NC1=[N+]=CN=C2C1=NCN2[C@@H]1O[C@H](COP(=O)(O)OP(=O)(O)OP(=O)(O)O)[C@@H](O)[C@H]1O. The highest BCUT2D eigenvalue weighted by Gasteiger charge is 2.51. The first kappa shape index (κ1) is 24.3. The number of hydrogen-bond acceptors (Lipinski definition) is 13. The zero-order chi connectivity index (χ0) is 23.2. The van der Waals surface area contributed by atoms with Crippen LogP contribution in [0.3, 0.4) is 0 Å². The fourth-order valence-electron chi connectivity index (χ4n) is 2.75. The highest BCUT2D eigenvalue weighted by molar-refractivity contribution is 7.66. The van der Waals surface area contributed by atoms with E-state index in [2.05, 4.69) is 27.8 Å². The molecule has 31 heavy (non-hydrogen) atoms. The molecule has 0 bridgehead atoms. The smallest absolute Gasteiger partial charge is 0.387 e. The van der Waals surface area contributed by atoms with Gasteiger partial charge in [0.2, 0.25) is 11.5 Å². The molecule has 8 N–H and O–H groups in total. The number of nitrogens with zero attached hydrogens (tertiary/aromatic N) is 4. The number of fused-ring (bicyclic) bond motifs is 1. The normalized spacial score (nSPS) is 32.1. The zero-order valence-corrected chi connectivity index (χ0v) is 17.7. The maximum absolute atomic E-state index is 11.8. The van der Waals surface area contributed by atoms with E-state index in [0.717, 1.165) is 6.34 Å². The number of phosphoric ester groups is 1. The minimum atomic E-state index is -5.70. The predicted octanol–water partition coefficient (Wildman–Crippen LogP) is -3.64. The van der Waals surface area contributed by atoms with Crippen LogP contribution < -0.4 is 10.4 Å². The fourth-order valence-corrected chi connectivity index (χ4v) is 5.78. The molecule has 0 amide bonds. The number of phosphoric acid groups is 3. The molecule has 2 unspecified atom stereocenters. The Balaban J connectivity index is 1.62. The Hall–Kier alpha value is -1.32. The third kappa shape index (κ3) is 5.73. The standard InChI is InChI=1S/C10H16N5O13P3/c11-8-5-9(13-2-12-8)15(3-14-5)10-7(17)6(16)4(26-10)1-25-30(21,22)28-31(23,24)27-29(18,19)20/h2,4,6-7,10-11,16-17H,1,3H2,(H4,18,19,20,21,22,23,24)/p+1/t4-,6-,7-,10-/m1/s1. The van der Waals surface area contributed by atoms with Gasteiger partial charge in [0.15, 0.2) is 6.23 Å². The molecule has 1 saturated heterocycles. The van der Waals surface area contributed by atoms with Gasteiger partial charge in [-0.15, -0.1) is 0 Å². The number of aliphatic hydroxyl groups excluding tert-OH is 2. The Bertz CT molecular complexity index is 1020. The zero-order valence-electron chi connectivity index (χ0n) is 15.0. The van der Waals surface area contributed by atoms with E-state index in [1.807, 2.05) is 0 Å². The van der Waals surface area contributed by atoms with Crippen molar-refractivity contribution in [2.24, 2.45) is 15.7 Å². The van der Waals surface area contributed by atoms with Crippen molar-refractivity contribution >= 4 is 47.2 Å². The van der Waals surface area contributed by atoms with Gasteiger partial charge in [0.05, 0.1) is 6.61 Å². The lowest BCUT2D eigenvalue weighted by molar-refractivity contribution is -0.0680. The first-order valence-electron chi connectivity index (χ1n) is 8.04. The van der Waals surface area contributed by atoms with Crippen LogP contribution in [0.1, 0.15) is 0 Å². The lowest BCUT2D eigenvalue weighted by Gasteiger charge is -2.25. The van der Waals surface area contributed by atoms with Crippen molar-refractivity contribution in [3.63, 3.8) is 0 Å². The summed E-state index contributed by atoms with van der Waals surface area (Å²) in [5, 5.41) is 20.4. The van der Waals surface area contributed by atoms with Gasteiger partial charge < -0.3 is 40.3 Å². The van der Waals surface area contributed by atoms with Gasteiger partial charge in [0, 0.05) is 0 Å². The van der Waals surface area contributed by atoms with Gasteiger partial charge in [-0.2, -0.15) is 8.62 Å². The molecule has 3 rings (SSSR count). The first-order valence-corrected chi connectivity index (χ1v) is 12.6. The fraction of sp³-hybridized carbons (Fsp3) is 0.600.